The molecule has 0 radical (unpaired) electrons. The van der Waals surface area contributed by atoms with Gasteiger partial charge in [0.15, 0.2) is 0 Å². The molecular weight excluding hydrogens is 158 g/mol. The Labute approximate surface area is 80.2 Å². The van der Waals surface area contributed by atoms with Crippen LogP contribution in [0.2, 0.25) is 0 Å². The average molecular weight is 173 g/mol. The van der Waals surface area contributed by atoms with Crippen LogP contribution in [0.5, 0.6) is 0 Å². The highest BCUT2D eigenvalue weighted by Gasteiger charge is 1.92. The molecule has 0 amide bonds. The first-order valence-electron chi connectivity index (χ1n) is 4.07. The largest absolute Gasteiger partial charge is 0.256 e. The monoisotopic (exact) mass is 173 g/mol. The molecule has 0 saturated heterocycles. The number of hydrogen-bond acceptors (Lipinski definition) is 1. The topological polar surface area (TPSA) is 12.4 Å². The summed E-state index contributed by atoms with van der Waals surface area (Å²) in [5, 5.41) is 0. The van der Waals surface area contributed by atoms with Gasteiger partial charge in [-0.15, -0.1) is 0 Å². The number of nitrogens with zero attached hydrogens (tertiary/aromatic N) is 1. The van der Waals surface area contributed by atoms with Gasteiger partial charge >= 0.3 is 0 Å². The van der Waals surface area contributed by atoms with Gasteiger partial charge in [0.2, 0.25) is 0 Å². The lowest BCUT2D eigenvalue weighted by molar-refractivity contribution is 1.38. The molecule has 0 N–H and O–H groups in total. The molecule has 13 heavy (non-hydrogen) atoms. The van der Waals surface area contributed by atoms with Crippen LogP contribution in [-0.4, -0.2) is 6.21 Å². The summed E-state index contributed by atoms with van der Waals surface area (Å²) in [5.41, 5.74) is 1.75. The van der Waals surface area contributed by atoms with Crippen LogP contribution in [0.1, 0.15) is 6.92 Å². The van der Waals surface area contributed by atoms with Crippen LogP contribution in [0.3, 0.4) is 0 Å². The fraction of sp³-hybridized carbons (Fsp3) is 0.0833. The van der Waals surface area contributed by atoms with Crippen LogP contribution in [0.4, 0.5) is 0 Å². The summed E-state index contributed by atoms with van der Waals surface area (Å²) >= 11 is 0. The van der Waals surface area contributed by atoms with E-state index >= 15 is 0 Å². The third kappa shape index (κ3) is 4.06. The fourth-order valence-electron chi connectivity index (χ4n) is 0.816. The zero-order valence-electron chi connectivity index (χ0n) is 8.03. The zero-order valence-corrected chi connectivity index (χ0v) is 8.03. The first-order valence-corrected chi connectivity index (χ1v) is 4.07. The van der Waals surface area contributed by atoms with Gasteiger partial charge in [-0.3, -0.25) is 4.99 Å². The van der Waals surface area contributed by atoms with E-state index in [9.17, 15) is 0 Å². The number of rotatable bonds is 5. The summed E-state index contributed by atoms with van der Waals surface area (Å²) < 4.78 is 0. The number of hydrogen-bond donors (Lipinski definition) is 0. The van der Waals surface area contributed by atoms with Crippen molar-refractivity contribution in [1.29, 1.82) is 0 Å². The van der Waals surface area contributed by atoms with Gasteiger partial charge in [0.05, 0.1) is 5.70 Å². The molecule has 0 rings (SSSR count). The molecule has 0 spiro atoms. The fourth-order valence-corrected chi connectivity index (χ4v) is 0.816. The third-order valence-electron chi connectivity index (χ3n) is 1.37. The van der Waals surface area contributed by atoms with E-state index < -0.39 is 0 Å². The van der Waals surface area contributed by atoms with Crippen molar-refractivity contribution in [3.8, 4) is 0 Å². The average Bonchev–Trinajstić information content (AvgIpc) is 2.17. The quantitative estimate of drug-likeness (QED) is 0.446. The van der Waals surface area contributed by atoms with E-state index in [0.29, 0.717) is 0 Å². The first kappa shape index (κ1) is 11.4. The minimum Gasteiger partial charge on any atom is -0.256 e. The van der Waals surface area contributed by atoms with Crippen molar-refractivity contribution in [2.75, 3.05) is 0 Å². The summed E-state index contributed by atoms with van der Waals surface area (Å²) in [7, 11) is 0. The van der Waals surface area contributed by atoms with E-state index in [1.54, 1.807) is 24.4 Å². The van der Waals surface area contributed by atoms with Gasteiger partial charge in [-0.2, -0.15) is 0 Å². The molecule has 0 aliphatic rings. The van der Waals surface area contributed by atoms with Crippen LogP contribution in [0, 0.1) is 0 Å². The van der Waals surface area contributed by atoms with Crippen LogP contribution in [-0.2, 0) is 0 Å². The minimum absolute atomic E-state index is 0.799. The van der Waals surface area contributed by atoms with E-state index in [4.69, 9.17) is 0 Å². The Morgan fingerprint density at radius 1 is 1.15 bits per heavy atom. The Balaban J connectivity index is 5.03. The standard InChI is InChI=1S/C12H15N/c1-5-9-11(7-3)12(8-4)13-10-6-2/h5-10H,2-4H2,1H3/b9-5-,12-11+,13-10-. The second kappa shape index (κ2) is 7.04. The maximum absolute atomic E-state index is 4.15. The normalized spacial score (nSPS) is 13.0. The number of allylic oxidation sites excluding steroid dienone is 6. The van der Waals surface area contributed by atoms with Gasteiger partial charge < -0.3 is 0 Å². The van der Waals surface area contributed by atoms with Crippen molar-refractivity contribution < 1.29 is 0 Å². The predicted octanol–water partition coefficient (Wildman–Crippen LogP) is 3.45. The Hall–Kier alpha value is -1.63. The molecule has 0 saturated carbocycles. The molecule has 0 aromatic carbocycles. The van der Waals surface area contributed by atoms with Crippen molar-refractivity contribution in [3.63, 3.8) is 0 Å². The lowest BCUT2D eigenvalue weighted by Crippen LogP contribution is -1.80. The SMILES string of the molecule is C=C\C=N/C(C=C)=C(C=C)/C=C\C. The molecule has 68 valence electrons. The van der Waals surface area contributed by atoms with Crippen molar-refractivity contribution in [2.24, 2.45) is 4.99 Å². The smallest absolute Gasteiger partial charge is 0.0695 e. The number of aliphatic imine (C=N–C) groups is 1. The third-order valence-corrected chi connectivity index (χ3v) is 1.37. The Morgan fingerprint density at radius 3 is 2.23 bits per heavy atom. The Bertz CT molecular complexity index is 277. The molecule has 0 unspecified atom stereocenters. The van der Waals surface area contributed by atoms with Crippen molar-refractivity contribution in [2.45, 2.75) is 6.92 Å². The molecular formula is C12H15N. The first-order chi connectivity index (χ1) is 6.29. The lowest BCUT2D eigenvalue weighted by atomic mass is 10.2. The second-order valence-electron chi connectivity index (χ2n) is 2.26. The Morgan fingerprint density at radius 2 is 1.85 bits per heavy atom. The zero-order chi connectivity index (χ0) is 10.1. The molecule has 0 bridgehead atoms. The minimum atomic E-state index is 0.799. The Kier molecular flexibility index (Phi) is 6.16. The van der Waals surface area contributed by atoms with E-state index in [1.807, 2.05) is 19.1 Å². The highest BCUT2D eigenvalue weighted by atomic mass is 14.7. The molecule has 0 aliphatic heterocycles. The van der Waals surface area contributed by atoms with Crippen molar-refractivity contribution in [1.82, 2.24) is 0 Å². The van der Waals surface area contributed by atoms with E-state index in [2.05, 4.69) is 24.7 Å². The summed E-state index contributed by atoms with van der Waals surface area (Å²) in [6.45, 7) is 12.9. The molecule has 0 heterocycles. The maximum Gasteiger partial charge on any atom is 0.0695 e. The molecule has 1 heteroatoms. The lowest BCUT2D eigenvalue weighted by Gasteiger charge is -1.97. The molecule has 0 atom stereocenters. The van der Waals surface area contributed by atoms with Crippen molar-refractivity contribution >= 4 is 6.21 Å². The highest BCUT2D eigenvalue weighted by Crippen LogP contribution is 2.09. The van der Waals surface area contributed by atoms with Gasteiger partial charge in [-0.1, -0.05) is 44.0 Å². The van der Waals surface area contributed by atoms with Crippen LogP contribution >= 0.6 is 0 Å². The van der Waals surface area contributed by atoms with Gasteiger partial charge in [0, 0.05) is 6.21 Å². The second-order valence-corrected chi connectivity index (χ2v) is 2.26. The van der Waals surface area contributed by atoms with E-state index in [1.165, 1.54) is 0 Å². The van der Waals surface area contributed by atoms with Gasteiger partial charge in [0.25, 0.3) is 0 Å². The van der Waals surface area contributed by atoms with Gasteiger partial charge in [-0.05, 0) is 18.6 Å². The maximum atomic E-state index is 4.15. The summed E-state index contributed by atoms with van der Waals surface area (Å²) in [5.74, 6) is 0. The van der Waals surface area contributed by atoms with Crippen molar-refractivity contribution in [3.05, 3.63) is 61.4 Å². The van der Waals surface area contributed by atoms with E-state index in [0.717, 1.165) is 11.3 Å². The molecule has 0 aliphatic carbocycles. The highest BCUT2D eigenvalue weighted by molar-refractivity contribution is 5.72. The molecule has 0 fully saturated rings. The summed E-state index contributed by atoms with van der Waals surface area (Å²) in [6.07, 6.45) is 10.6. The van der Waals surface area contributed by atoms with Crippen LogP contribution < -0.4 is 0 Å². The molecule has 0 aromatic rings. The predicted molar refractivity (Wildman–Crippen MR) is 60.9 cm³/mol. The van der Waals surface area contributed by atoms with Crippen LogP contribution in [0.25, 0.3) is 0 Å². The van der Waals surface area contributed by atoms with Gasteiger partial charge in [-0.25, -0.2) is 0 Å². The molecule has 1 nitrogen and oxygen atoms in total. The van der Waals surface area contributed by atoms with Gasteiger partial charge in [0.1, 0.15) is 0 Å². The molecule has 0 aromatic heterocycles. The summed E-state index contributed by atoms with van der Waals surface area (Å²) in [4.78, 5) is 4.15. The summed E-state index contributed by atoms with van der Waals surface area (Å²) in [6, 6.07) is 0. The van der Waals surface area contributed by atoms with E-state index in [-0.39, 0.29) is 0 Å². The van der Waals surface area contributed by atoms with Crippen LogP contribution in [0.15, 0.2) is 66.4 Å².